The third-order valence-electron chi connectivity index (χ3n) is 5.23. The zero-order chi connectivity index (χ0) is 19.1. The Morgan fingerprint density at radius 2 is 1.85 bits per heavy atom. The van der Waals surface area contributed by atoms with Crippen LogP contribution >= 0.6 is 0 Å². The molecular weight excluding hydrogens is 326 g/mol. The zero-order valence-electron chi connectivity index (χ0n) is 16.1. The highest BCUT2D eigenvalue weighted by atomic mass is 16.5. The van der Waals surface area contributed by atoms with Gasteiger partial charge in [-0.15, -0.1) is 6.58 Å². The first-order valence-corrected chi connectivity index (χ1v) is 8.64. The molecule has 0 fully saturated rings. The molecular formula is C22H25NO3. The van der Waals surface area contributed by atoms with Crippen molar-refractivity contribution < 1.29 is 14.3 Å². The van der Waals surface area contributed by atoms with Crippen LogP contribution in [0.2, 0.25) is 0 Å². The van der Waals surface area contributed by atoms with Crippen LogP contribution in [-0.2, 0) is 10.2 Å². The summed E-state index contributed by atoms with van der Waals surface area (Å²) in [5.74, 6) is 1.36. The number of rotatable bonds is 5. The molecule has 2 aromatic carbocycles. The van der Waals surface area contributed by atoms with Crippen molar-refractivity contribution >= 4 is 11.6 Å². The summed E-state index contributed by atoms with van der Waals surface area (Å²) in [5, 5.41) is 0. The number of anilines is 1. The molecule has 1 unspecified atom stereocenters. The van der Waals surface area contributed by atoms with E-state index in [9.17, 15) is 4.79 Å². The highest BCUT2D eigenvalue weighted by molar-refractivity contribution is 6.11. The smallest absolute Gasteiger partial charge is 0.242 e. The van der Waals surface area contributed by atoms with Gasteiger partial charge in [-0.1, -0.05) is 29.8 Å². The molecule has 0 saturated carbocycles. The molecule has 0 aliphatic carbocycles. The van der Waals surface area contributed by atoms with Crippen molar-refractivity contribution in [2.45, 2.75) is 25.7 Å². The molecule has 1 atom stereocenters. The molecule has 26 heavy (non-hydrogen) atoms. The van der Waals surface area contributed by atoms with E-state index in [0.717, 1.165) is 27.9 Å². The van der Waals surface area contributed by atoms with Gasteiger partial charge in [0.1, 0.15) is 16.9 Å². The molecule has 0 bridgehead atoms. The Labute approximate surface area is 155 Å². The standard InChI is InChI=1S/C22H25NO3/c1-7-10-22(17-9-8-16(25-5)13-19(17)26-6)18-12-14(2)11-15(3)20(18)23(4)21(22)24/h7-9,11-13H,1,10H2,2-6H3. The second kappa shape index (κ2) is 6.52. The number of benzene rings is 2. The minimum absolute atomic E-state index is 0.0320. The van der Waals surface area contributed by atoms with E-state index >= 15 is 0 Å². The average Bonchev–Trinajstić information content (AvgIpc) is 2.84. The lowest BCUT2D eigenvalue weighted by atomic mass is 9.72. The number of amides is 1. The number of fused-ring (bicyclic) bond motifs is 1. The molecule has 3 rings (SSSR count). The molecule has 0 spiro atoms. The van der Waals surface area contributed by atoms with Gasteiger partial charge in [-0.05, 0) is 37.5 Å². The molecule has 1 aliphatic heterocycles. The Morgan fingerprint density at radius 3 is 2.46 bits per heavy atom. The predicted octanol–water partition coefficient (Wildman–Crippen LogP) is 4.16. The van der Waals surface area contributed by atoms with Crippen LogP contribution in [0, 0.1) is 13.8 Å². The quantitative estimate of drug-likeness (QED) is 0.759. The number of hydrogen-bond acceptors (Lipinski definition) is 3. The van der Waals surface area contributed by atoms with Crippen molar-refractivity contribution in [3.63, 3.8) is 0 Å². The van der Waals surface area contributed by atoms with E-state index in [1.54, 1.807) is 19.1 Å². The van der Waals surface area contributed by atoms with Crippen molar-refractivity contribution in [3.8, 4) is 11.5 Å². The van der Waals surface area contributed by atoms with Crippen molar-refractivity contribution in [1.82, 2.24) is 0 Å². The van der Waals surface area contributed by atoms with Crippen LogP contribution in [0.5, 0.6) is 11.5 Å². The van der Waals surface area contributed by atoms with E-state index in [2.05, 4.69) is 25.6 Å². The van der Waals surface area contributed by atoms with Crippen LogP contribution in [0.3, 0.4) is 0 Å². The van der Waals surface area contributed by atoms with E-state index in [-0.39, 0.29) is 5.91 Å². The van der Waals surface area contributed by atoms with Gasteiger partial charge in [0.05, 0.1) is 19.9 Å². The number of ether oxygens (including phenoxy) is 2. The number of nitrogens with zero attached hydrogens (tertiary/aromatic N) is 1. The lowest BCUT2D eigenvalue weighted by Crippen LogP contribution is -2.39. The van der Waals surface area contributed by atoms with Crippen LogP contribution in [0.25, 0.3) is 0 Å². The van der Waals surface area contributed by atoms with Crippen molar-refractivity contribution in [3.05, 3.63) is 65.2 Å². The largest absolute Gasteiger partial charge is 0.497 e. The monoisotopic (exact) mass is 351 g/mol. The molecule has 2 aromatic rings. The molecule has 1 amide bonds. The van der Waals surface area contributed by atoms with Gasteiger partial charge in [-0.3, -0.25) is 4.79 Å². The Morgan fingerprint density at radius 1 is 1.12 bits per heavy atom. The topological polar surface area (TPSA) is 38.8 Å². The first kappa shape index (κ1) is 18.1. The molecule has 0 N–H and O–H groups in total. The normalized spacial score (nSPS) is 18.7. The zero-order valence-corrected chi connectivity index (χ0v) is 16.1. The van der Waals surface area contributed by atoms with Crippen LogP contribution < -0.4 is 14.4 Å². The molecule has 0 saturated heterocycles. The second-order valence-corrected chi connectivity index (χ2v) is 6.81. The average molecular weight is 351 g/mol. The molecule has 1 heterocycles. The highest BCUT2D eigenvalue weighted by Crippen LogP contribution is 2.52. The summed E-state index contributed by atoms with van der Waals surface area (Å²) in [6.07, 6.45) is 2.30. The number of hydrogen-bond donors (Lipinski definition) is 0. The number of likely N-dealkylation sites (N-methyl/N-ethyl adjacent to an activating group) is 1. The number of allylic oxidation sites excluding steroid dienone is 1. The Balaban J connectivity index is 2.39. The SMILES string of the molecule is C=CCC1(c2ccc(OC)cc2OC)C(=O)N(C)c2c(C)cc(C)cc21. The van der Waals surface area contributed by atoms with Crippen molar-refractivity contribution in [1.29, 1.82) is 0 Å². The molecule has 4 heteroatoms. The number of carbonyl (C=O) groups excluding carboxylic acids is 1. The maximum Gasteiger partial charge on any atom is 0.242 e. The van der Waals surface area contributed by atoms with Gasteiger partial charge in [0, 0.05) is 18.7 Å². The van der Waals surface area contributed by atoms with E-state index in [1.807, 2.05) is 38.2 Å². The fourth-order valence-electron chi connectivity index (χ4n) is 4.17. The summed E-state index contributed by atoms with van der Waals surface area (Å²) < 4.78 is 11.0. The fraction of sp³-hybridized carbons (Fsp3) is 0.318. The van der Waals surface area contributed by atoms with Gasteiger partial charge in [-0.25, -0.2) is 0 Å². The first-order chi connectivity index (χ1) is 12.4. The van der Waals surface area contributed by atoms with Crippen molar-refractivity contribution in [2.75, 3.05) is 26.2 Å². The summed E-state index contributed by atoms with van der Waals surface area (Å²) >= 11 is 0. The van der Waals surface area contributed by atoms with E-state index < -0.39 is 5.41 Å². The Kier molecular flexibility index (Phi) is 4.53. The molecule has 4 nitrogen and oxygen atoms in total. The number of aryl methyl sites for hydroxylation is 2. The Bertz CT molecular complexity index is 887. The highest BCUT2D eigenvalue weighted by Gasteiger charge is 2.52. The maximum absolute atomic E-state index is 13.6. The predicted molar refractivity (Wildman–Crippen MR) is 104 cm³/mol. The van der Waals surface area contributed by atoms with Gasteiger partial charge < -0.3 is 14.4 Å². The minimum Gasteiger partial charge on any atom is -0.497 e. The van der Waals surface area contributed by atoms with Gasteiger partial charge in [0.2, 0.25) is 5.91 Å². The van der Waals surface area contributed by atoms with Crippen LogP contribution in [-0.4, -0.2) is 27.2 Å². The van der Waals surface area contributed by atoms with Crippen LogP contribution in [0.1, 0.15) is 28.7 Å². The fourth-order valence-corrected chi connectivity index (χ4v) is 4.17. The third kappa shape index (κ3) is 2.40. The summed E-state index contributed by atoms with van der Waals surface area (Å²) in [6, 6.07) is 9.85. The van der Waals surface area contributed by atoms with Crippen LogP contribution in [0.15, 0.2) is 43.0 Å². The molecule has 0 aromatic heterocycles. The molecule has 136 valence electrons. The first-order valence-electron chi connectivity index (χ1n) is 8.64. The lowest BCUT2D eigenvalue weighted by Gasteiger charge is -2.29. The second-order valence-electron chi connectivity index (χ2n) is 6.81. The number of carbonyl (C=O) groups is 1. The minimum atomic E-state index is -0.847. The van der Waals surface area contributed by atoms with Crippen molar-refractivity contribution in [2.24, 2.45) is 0 Å². The molecule has 1 aliphatic rings. The van der Waals surface area contributed by atoms with Gasteiger partial charge in [-0.2, -0.15) is 0 Å². The lowest BCUT2D eigenvalue weighted by molar-refractivity contribution is -0.121. The summed E-state index contributed by atoms with van der Waals surface area (Å²) in [6.45, 7) is 8.03. The van der Waals surface area contributed by atoms with Crippen LogP contribution in [0.4, 0.5) is 5.69 Å². The summed E-state index contributed by atoms with van der Waals surface area (Å²) in [5.41, 5.74) is 4.19. The van der Waals surface area contributed by atoms with E-state index in [4.69, 9.17) is 9.47 Å². The van der Waals surface area contributed by atoms with Gasteiger partial charge >= 0.3 is 0 Å². The van der Waals surface area contributed by atoms with Gasteiger partial charge in [0.15, 0.2) is 0 Å². The summed E-state index contributed by atoms with van der Waals surface area (Å²) in [4.78, 5) is 15.3. The maximum atomic E-state index is 13.6. The summed E-state index contributed by atoms with van der Waals surface area (Å²) in [7, 11) is 5.07. The molecule has 0 radical (unpaired) electrons. The third-order valence-corrected chi connectivity index (χ3v) is 5.23. The Hall–Kier alpha value is -2.75. The van der Waals surface area contributed by atoms with E-state index in [1.165, 1.54) is 0 Å². The van der Waals surface area contributed by atoms with Gasteiger partial charge in [0.25, 0.3) is 0 Å². The van der Waals surface area contributed by atoms with E-state index in [0.29, 0.717) is 17.9 Å². The number of methoxy groups -OCH3 is 2.